The molecule has 0 saturated heterocycles. The van der Waals surface area contributed by atoms with Gasteiger partial charge in [0.2, 0.25) is 0 Å². The first-order valence-electron chi connectivity index (χ1n) is 6.19. The molecule has 2 aromatic heterocycles. The van der Waals surface area contributed by atoms with E-state index in [1.165, 1.54) is 0 Å². The summed E-state index contributed by atoms with van der Waals surface area (Å²) in [6.45, 7) is 1.97. The minimum atomic E-state index is -0.653. The Morgan fingerprint density at radius 1 is 1.05 bits per heavy atom. The topological polar surface area (TPSA) is 46.0 Å². The number of benzene rings is 1. The molecule has 0 amide bonds. The SMILES string of the molecule is Cc1ccc2cc(C(O)c3cccnc3)ccc2n1. The molecule has 0 radical (unpaired) electrons. The van der Waals surface area contributed by atoms with Crippen LogP contribution in [0.25, 0.3) is 10.9 Å². The molecule has 1 unspecified atom stereocenters. The fraction of sp³-hybridized carbons (Fsp3) is 0.125. The van der Waals surface area contributed by atoms with Crippen molar-refractivity contribution in [3.8, 4) is 0 Å². The van der Waals surface area contributed by atoms with E-state index in [0.717, 1.165) is 27.7 Å². The van der Waals surface area contributed by atoms with Gasteiger partial charge >= 0.3 is 0 Å². The van der Waals surface area contributed by atoms with Crippen LogP contribution in [0.3, 0.4) is 0 Å². The van der Waals surface area contributed by atoms with Gasteiger partial charge in [-0.2, -0.15) is 0 Å². The zero-order chi connectivity index (χ0) is 13.2. The Morgan fingerprint density at radius 3 is 2.74 bits per heavy atom. The molecule has 94 valence electrons. The molecule has 3 heteroatoms. The fourth-order valence-electron chi connectivity index (χ4n) is 2.15. The Labute approximate surface area is 111 Å². The summed E-state index contributed by atoms with van der Waals surface area (Å²) in [7, 11) is 0. The molecule has 0 spiro atoms. The Kier molecular flexibility index (Phi) is 2.97. The largest absolute Gasteiger partial charge is 0.384 e. The van der Waals surface area contributed by atoms with Gasteiger partial charge in [0, 0.05) is 29.0 Å². The van der Waals surface area contributed by atoms with Gasteiger partial charge in [0.05, 0.1) is 5.52 Å². The first-order chi connectivity index (χ1) is 9.24. The molecule has 0 aliphatic heterocycles. The molecule has 0 aliphatic carbocycles. The van der Waals surface area contributed by atoms with Crippen LogP contribution in [0.2, 0.25) is 0 Å². The first-order valence-corrected chi connectivity index (χ1v) is 6.19. The van der Waals surface area contributed by atoms with Crippen molar-refractivity contribution in [2.75, 3.05) is 0 Å². The van der Waals surface area contributed by atoms with Gasteiger partial charge in [-0.15, -0.1) is 0 Å². The zero-order valence-electron chi connectivity index (χ0n) is 10.6. The van der Waals surface area contributed by atoms with Gasteiger partial charge in [0.15, 0.2) is 0 Å². The van der Waals surface area contributed by atoms with Gasteiger partial charge in [0.25, 0.3) is 0 Å². The highest BCUT2D eigenvalue weighted by atomic mass is 16.3. The lowest BCUT2D eigenvalue weighted by atomic mass is 10.0. The first kappa shape index (κ1) is 11.8. The lowest BCUT2D eigenvalue weighted by Gasteiger charge is -2.11. The van der Waals surface area contributed by atoms with E-state index >= 15 is 0 Å². The highest BCUT2D eigenvalue weighted by Gasteiger charge is 2.11. The van der Waals surface area contributed by atoms with Crippen molar-refractivity contribution in [1.29, 1.82) is 0 Å². The summed E-state index contributed by atoms with van der Waals surface area (Å²) < 4.78 is 0. The van der Waals surface area contributed by atoms with Gasteiger partial charge < -0.3 is 5.11 Å². The second kappa shape index (κ2) is 4.78. The summed E-state index contributed by atoms with van der Waals surface area (Å²) in [4.78, 5) is 8.49. The molecule has 3 rings (SSSR count). The standard InChI is InChI=1S/C16H14N2O/c1-11-4-5-12-9-13(6-7-15(12)18-11)16(19)14-3-2-8-17-10-14/h2-10,16,19H,1H3. The van der Waals surface area contributed by atoms with E-state index in [4.69, 9.17) is 0 Å². The Morgan fingerprint density at radius 2 is 1.95 bits per heavy atom. The van der Waals surface area contributed by atoms with Gasteiger partial charge in [-0.3, -0.25) is 9.97 Å². The molecule has 0 aliphatic rings. The number of pyridine rings is 2. The number of fused-ring (bicyclic) bond motifs is 1. The number of aliphatic hydroxyl groups is 1. The molecule has 2 heterocycles. The second-order valence-electron chi connectivity index (χ2n) is 4.59. The van der Waals surface area contributed by atoms with Crippen LogP contribution < -0.4 is 0 Å². The molecule has 3 nitrogen and oxygen atoms in total. The highest BCUT2D eigenvalue weighted by molar-refractivity contribution is 5.79. The average molecular weight is 250 g/mol. The van der Waals surface area contributed by atoms with Crippen LogP contribution >= 0.6 is 0 Å². The van der Waals surface area contributed by atoms with Gasteiger partial charge in [0.1, 0.15) is 6.10 Å². The number of aliphatic hydroxyl groups excluding tert-OH is 1. The molecule has 0 fully saturated rings. The number of aromatic nitrogens is 2. The highest BCUT2D eigenvalue weighted by Crippen LogP contribution is 2.24. The molecule has 0 bridgehead atoms. The van der Waals surface area contributed by atoms with Crippen LogP contribution in [0.4, 0.5) is 0 Å². The van der Waals surface area contributed by atoms with E-state index in [1.54, 1.807) is 12.4 Å². The molecular formula is C16H14N2O. The maximum atomic E-state index is 10.3. The lowest BCUT2D eigenvalue weighted by Crippen LogP contribution is -2.00. The summed E-state index contributed by atoms with van der Waals surface area (Å²) in [5.74, 6) is 0. The number of nitrogens with zero attached hydrogens (tertiary/aromatic N) is 2. The smallest absolute Gasteiger partial charge is 0.106 e. The Hall–Kier alpha value is -2.26. The molecule has 1 atom stereocenters. The number of hydrogen-bond donors (Lipinski definition) is 1. The number of hydrogen-bond acceptors (Lipinski definition) is 3. The van der Waals surface area contributed by atoms with E-state index in [2.05, 4.69) is 9.97 Å². The molecule has 1 N–H and O–H groups in total. The van der Waals surface area contributed by atoms with Crippen LogP contribution in [0.15, 0.2) is 54.9 Å². The maximum absolute atomic E-state index is 10.3. The molecule has 19 heavy (non-hydrogen) atoms. The van der Waals surface area contributed by atoms with Crippen LogP contribution in [-0.2, 0) is 0 Å². The second-order valence-corrected chi connectivity index (χ2v) is 4.59. The summed E-state index contributed by atoms with van der Waals surface area (Å²) in [5, 5.41) is 11.4. The van der Waals surface area contributed by atoms with Crippen LogP contribution in [0.5, 0.6) is 0 Å². The maximum Gasteiger partial charge on any atom is 0.106 e. The fourth-order valence-corrected chi connectivity index (χ4v) is 2.15. The van der Waals surface area contributed by atoms with E-state index in [9.17, 15) is 5.11 Å². The minimum Gasteiger partial charge on any atom is -0.384 e. The van der Waals surface area contributed by atoms with Gasteiger partial charge in [-0.25, -0.2) is 0 Å². The van der Waals surface area contributed by atoms with Gasteiger partial charge in [-0.05, 0) is 36.8 Å². The number of aryl methyl sites for hydroxylation is 1. The predicted octanol–water partition coefficient (Wildman–Crippen LogP) is 3.02. The Balaban J connectivity index is 2.04. The van der Waals surface area contributed by atoms with E-state index in [1.807, 2.05) is 49.4 Å². The van der Waals surface area contributed by atoms with Crippen molar-refractivity contribution in [3.63, 3.8) is 0 Å². The normalized spacial score (nSPS) is 12.5. The summed E-state index contributed by atoms with van der Waals surface area (Å²) in [6.07, 6.45) is 2.73. The third-order valence-electron chi connectivity index (χ3n) is 3.17. The average Bonchev–Trinajstić information content (AvgIpc) is 2.47. The van der Waals surface area contributed by atoms with E-state index in [-0.39, 0.29) is 0 Å². The van der Waals surface area contributed by atoms with Crippen molar-refractivity contribution < 1.29 is 5.11 Å². The number of rotatable bonds is 2. The van der Waals surface area contributed by atoms with E-state index < -0.39 is 6.10 Å². The Bertz CT molecular complexity index is 710. The third-order valence-corrected chi connectivity index (χ3v) is 3.17. The minimum absolute atomic E-state index is 0.653. The molecule has 0 saturated carbocycles. The molecular weight excluding hydrogens is 236 g/mol. The lowest BCUT2D eigenvalue weighted by molar-refractivity contribution is 0.220. The van der Waals surface area contributed by atoms with Crippen molar-refractivity contribution in [3.05, 3.63) is 71.7 Å². The molecule has 3 aromatic rings. The van der Waals surface area contributed by atoms with Crippen molar-refractivity contribution in [2.45, 2.75) is 13.0 Å². The summed E-state index contributed by atoms with van der Waals surface area (Å²) in [6, 6.07) is 13.5. The van der Waals surface area contributed by atoms with Crippen LogP contribution in [0.1, 0.15) is 22.9 Å². The van der Waals surface area contributed by atoms with Crippen molar-refractivity contribution in [1.82, 2.24) is 9.97 Å². The quantitative estimate of drug-likeness (QED) is 0.760. The summed E-state index contributed by atoms with van der Waals surface area (Å²) >= 11 is 0. The van der Waals surface area contributed by atoms with Crippen LogP contribution in [0, 0.1) is 6.92 Å². The van der Waals surface area contributed by atoms with Crippen molar-refractivity contribution in [2.24, 2.45) is 0 Å². The molecule has 1 aromatic carbocycles. The summed E-state index contributed by atoms with van der Waals surface area (Å²) in [5.41, 5.74) is 3.59. The van der Waals surface area contributed by atoms with Gasteiger partial charge in [-0.1, -0.05) is 18.2 Å². The van der Waals surface area contributed by atoms with E-state index in [0.29, 0.717) is 0 Å². The monoisotopic (exact) mass is 250 g/mol. The third kappa shape index (κ3) is 2.33. The zero-order valence-corrected chi connectivity index (χ0v) is 10.6. The predicted molar refractivity (Wildman–Crippen MR) is 74.8 cm³/mol. The van der Waals surface area contributed by atoms with Crippen LogP contribution in [-0.4, -0.2) is 15.1 Å². The van der Waals surface area contributed by atoms with Crippen molar-refractivity contribution >= 4 is 10.9 Å².